The molecule has 152 valence electrons. The fraction of sp³-hybridized carbons (Fsp3) is 0.476. The zero-order valence-electron chi connectivity index (χ0n) is 16.8. The third kappa shape index (κ3) is 4.57. The second-order valence-electron chi connectivity index (χ2n) is 7.21. The molecule has 8 heteroatoms. The number of thioether (sulfide) groups is 1. The van der Waals surface area contributed by atoms with Crippen molar-refractivity contribution in [2.75, 3.05) is 56.6 Å². The molecular formula is C21H25N5O2S. The van der Waals surface area contributed by atoms with Crippen LogP contribution >= 0.6 is 11.8 Å². The Morgan fingerprint density at radius 2 is 1.72 bits per heavy atom. The molecular weight excluding hydrogens is 386 g/mol. The number of hydrogen-bond acceptors (Lipinski definition) is 8. The summed E-state index contributed by atoms with van der Waals surface area (Å²) in [5, 5.41) is 10.2. The predicted octanol–water partition coefficient (Wildman–Crippen LogP) is 2.65. The molecule has 29 heavy (non-hydrogen) atoms. The van der Waals surface area contributed by atoms with E-state index in [-0.39, 0.29) is 0 Å². The highest BCUT2D eigenvalue weighted by Crippen LogP contribution is 2.42. The van der Waals surface area contributed by atoms with E-state index in [0.717, 1.165) is 60.7 Å². The molecule has 3 heterocycles. The molecule has 2 aliphatic heterocycles. The molecule has 2 aliphatic rings. The maximum Gasteiger partial charge on any atom is 0.188 e. The van der Waals surface area contributed by atoms with Gasteiger partial charge in [0, 0.05) is 49.9 Å². The largest absolute Gasteiger partial charge is 0.485 e. The molecule has 0 unspecified atom stereocenters. The number of hydrogen-bond donors (Lipinski definition) is 0. The number of nitrogens with zero attached hydrogens (tertiary/aromatic N) is 5. The molecule has 7 nitrogen and oxygen atoms in total. The van der Waals surface area contributed by atoms with Crippen molar-refractivity contribution in [2.45, 2.75) is 19.0 Å². The summed E-state index contributed by atoms with van der Waals surface area (Å²) < 4.78 is 11.6. The van der Waals surface area contributed by atoms with Crippen molar-refractivity contribution in [3.63, 3.8) is 0 Å². The molecule has 4 rings (SSSR count). The summed E-state index contributed by atoms with van der Waals surface area (Å²) in [5.41, 5.74) is 3.60. The average Bonchev–Trinajstić information content (AvgIpc) is 2.73. The highest BCUT2D eigenvalue weighted by Gasteiger charge is 2.25. The molecule has 1 saturated heterocycles. The summed E-state index contributed by atoms with van der Waals surface area (Å²) in [5.74, 6) is 2.28. The first kappa shape index (κ1) is 19.8. The van der Waals surface area contributed by atoms with Gasteiger partial charge in [-0.3, -0.25) is 4.90 Å². The summed E-state index contributed by atoms with van der Waals surface area (Å²) in [6.07, 6.45) is 0. The van der Waals surface area contributed by atoms with Crippen LogP contribution in [0.25, 0.3) is 0 Å². The van der Waals surface area contributed by atoms with Gasteiger partial charge in [0.2, 0.25) is 0 Å². The van der Waals surface area contributed by atoms with Crippen LogP contribution in [-0.4, -0.2) is 66.6 Å². The number of piperazine rings is 1. The van der Waals surface area contributed by atoms with E-state index >= 15 is 0 Å². The van der Waals surface area contributed by atoms with E-state index in [1.165, 1.54) is 0 Å². The van der Waals surface area contributed by atoms with Crippen LogP contribution in [0.2, 0.25) is 0 Å². The number of fused-ring (bicyclic) bond motifs is 1. The van der Waals surface area contributed by atoms with E-state index < -0.39 is 0 Å². The second-order valence-corrected chi connectivity index (χ2v) is 8.27. The van der Waals surface area contributed by atoms with E-state index in [0.29, 0.717) is 30.3 Å². The van der Waals surface area contributed by atoms with Gasteiger partial charge in [0.25, 0.3) is 0 Å². The average molecular weight is 412 g/mol. The number of ether oxygens (including phenoxy) is 2. The Balaban J connectivity index is 1.32. The molecule has 0 radical (unpaired) electrons. The highest BCUT2D eigenvalue weighted by atomic mass is 32.2. The van der Waals surface area contributed by atoms with Crippen molar-refractivity contribution >= 4 is 17.4 Å². The maximum absolute atomic E-state index is 9.31. The molecule has 1 fully saturated rings. The van der Waals surface area contributed by atoms with Crippen LogP contribution < -0.4 is 14.4 Å². The normalized spacial score (nSPS) is 16.5. The van der Waals surface area contributed by atoms with Crippen LogP contribution in [0.5, 0.6) is 11.5 Å². The van der Waals surface area contributed by atoms with Crippen molar-refractivity contribution in [1.29, 1.82) is 5.26 Å². The molecule has 0 N–H and O–H groups in total. The Morgan fingerprint density at radius 1 is 1.03 bits per heavy atom. The second kappa shape index (κ2) is 8.89. The van der Waals surface area contributed by atoms with Gasteiger partial charge >= 0.3 is 0 Å². The van der Waals surface area contributed by atoms with E-state index in [1.807, 2.05) is 32.0 Å². The number of aryl methyl sites for hydroxylation is 2. The summed E-state index contributed by atoms with van der Waals surface area (Å²) in [7, 11) is 0. The number of anilines is 1. The van der Waals surface area contributed by atoms with Crippen LogP contribution in [0, 0.1) is 25.2 Å². The lowest BCUT2D eigenvalue weighted by molar-refractivity contribution is 0.171. The Bertz CT molecular complexity index is 902. The first-order valence-corrected chi connectivity index (χ1v) is 10.9. The Kier molecular flexibility index (Phi) is 6.07. The topological polar surface area (TPSA) is 74.5 Å². The third-order valence-electron chi connectivity index (χ3n) is 5.10. The number of rotatable bonds is 5. The van der Waals surface area contributed by atoms with E-state index in [4.69, 9.17) is 9.47 Å². The Hall–Kier alpha value is -2.50. The van der Waals surface area contributed by atoms with Gasteiger partial charge < -0.3 is 14.4 Å². The van der Waals surface area contributed by atoms with Gasteiger partial charge in [-0.15, -0.1) is 0 Å². The molecule has 1 aromatic carbocycles. The summed E-state index contributed by atoms with van der Waals surface area (Å²) >= 11 is 1.72. The third-order valence-corrected chi connectivity index (χ3v) is 5.93. The lowest BCUT2D eigenvalue weighted by atomic mass is 10.1. The standard InChI is InChI=1S/C21H25N5O2S/c1-15-13-16(2)24-21(23-15)29-12-9-25-5-7-26(8-6-25)18-4-3-17(14-22)19-20(18)28-11-10-27-19/h3-4,13H,5-12H2,1-2H3. The van der Waals surface area contributed by atoms with Gasteiger partial charge in [-0.1, -0.05) is 11.8 Å². The zero-order chi connectivity index (χ0) is 20.2. The van der Waals surface area contributed by atoms with Crippen molar-refractivity contribution in [3.05, 3.63) is 35.2 Å². The van der Waals surface area contributed by atoms with Gasteiger partial charge in [-0.2, -0.15) is 5.26 Å². The Labute approximate surface area is 175 Å². The van der Waals surface area contributed by atoms with Crippen LogP contribution in [-0.2, 0) is 0 Å². The van der Waals surface area contributed by atoms with Gasteiger partial charge in [0.05, 0.1) is 11.3 Å². The minimum absolute atomic E-state index is 0.487. The fourth-order valence-electron chi connectivity index (χ4n) is 3.70. The molecule has 0 saturated carbocycles. The monoisotopic (exact) mass is 411 g/mol. The van der Waals surface area contributed by atoms with Crippen molar-refractivity contribution in [1.82, 2.24) is 14.9 Å². The molecule has 0 atom stereocenters. The summed E-state index contributed by atoms with van der Waals surface area (Å²) in [6.45, 7) is 9.86. The smallest absolute Gasteiger partial charge is 0.188 e. The van der Waals surface area contributed by atoms with E-state index in [9.17, 15) is 5.26 Å². The van der Waals surface area contributed by atoms with Gasteiger partial charge in [-0.25, -0.2) is 9.97 Å². The highest BCUT2D eigenvalue weighted by molar-refractivity contribution is 7.99. The van der Waals surface area contributed by atoms with Crippen LogP contribution in [0.3, 0.4) is 0 Å². The van der Waals surface area contributed by atoms with Crippen LogP contribution in [0.4, 0.5) is 5.69 Å². The van der Waals surface area contributed by atoms with Crippen LogP contribution in [0.1, 0.15) is 17.0 Å². The minimum Gasteiger partial charge on any atom is -0.485 e. The van der Waals surface area contributed by atoms with Gasteiger partial charge in [-0.05, 0) is 32.0 Å². The molecule has 1 aromatic heterocycles. The van der Waals surface area contributed by atoms with Crippen molar-refractivity contribution in [3.8, 4) is 17.6 Å². The predicted molar refractivity (Wildman–Crippen MR) is 113 cm³/mol. The van der Waals surface area contributed by atoms with E-state index in [1.54, 1.807) is 11.8 Å². The zero-order valence-corrected chi connectivity index (χ0v) is 17.7. The quantitative estimate of drug-likeness (QED) is 0.549. The molecule has 0 spiro atoms. The number of nitriles is 1. The van der Waals surface area contributed by atoms with Crippen LogP contribution in [0.15, 0.2) is 23.4 Å². The number of aromatic nitrogens is 2. The summed E-state index contributed by atoms with van der Waals surface area (Å²) in [6, 6.07) is 8.00. The SMILES string of the molecule is Cc1cc(C)nc(SCCN2CCN(c3ccc(C#N)c4c3OCCO4)CC2)n1. The molecule has 0 amide bonds. The lowest BCUT2D eigenvalue weighted by Gasteiger charge is -2.37. The van der Waals surface area contributed by atoms with E-state index in [2.05, 4.69) is 25.8 Å². The number of benzene rings is 1. The molecule has 0 bridgehead atoms. The minimum atomic E-state index is 0.487. The molecule has 0 aliphatic carbocycles. The Morgan fingerprint density at radius 3 is 2.41 bits per heavy atom. The molecule has 2 aromatic rings. The van der Waals surface area contributed by atoms with Gasteiger partial charge in [0.15, 0.2) is 16.7 Å². The van der Waals surface area contributed by atoms with Crippen molar-refractivity contribution < 1.29 is 9.47 Å². The first-order valence-electron chi connectivity index (χ1n) is 9.89. The maximum atomic E-state index is 9.31. The fourth-order valence-corrected chi connectivity index (χ4v) is 4.65. The lowest BCUT2D eigenvalue weighted by Crippen LogP contribution is -2.47. The van der Waals surface area contributed by atoms with Gasteiger partial charge in [0.1, 0.15) is 19.3 Å². The first-order chi connectivity index (χ1) is 14.1. The summed E-state index contributed by atoms with van der Waals surface area (Å²) in [4.78, 5) is 13.8. The van der Waals surface area contributed by atoms with Crippen molar-refractivity contribution in [2.24, 2.45) is 0 Å².